The highest BCUT2D eigenvalue weighted by Gasteiger charge is 2.19. The molecule has 0 unspecified atom stereocenters. The van der Waals surface area contributed by atoms with Gasteiger partial charge in [-0.05, 0) is 0 Å². The standard InChI is InChI=1S/C5H6N6O3S2/c6-4-9-10-5(15-4)16(12,13)8-1-3-7-2-14-11-3/h2,8H,1H2,(H2,6,9). The van der Waals surface area contributed by atoms with Crippen LogP contribution in [0.4, 0.5) is 5.13 Å². The number of nitrogens with one attached hydrogen (secondary N) is 1. The Labute approximate surface area is 93.7 Å². The molecule has 9 nitrogen and oxygen atoms in total. The smallest absolute Gasteiger partial charge is 0.270 e. The first-order chi connectivity index (χ1) is 7.58. The molecule has 2 aromatic heterocycles. The van der Waals surface area contributed by atoms with E-state index in [2.05, 4.69) is 29.6 Å². The molecule has 0 amide bonds. The second-order valence-electron chi connectivity index (χ2n) is 2.58. The maximum atomic E-state index is 11.6. The maximum Gasteiger partial charge on any atom is 0.270 e. The first-order valence-corrected chi connectivity index (χ1v) is 6.22. The highest BCUT2D eigenvalue weighted by Crippen LogP contribution is 2.16. The van der Waals surface area contributed by atoms with Crippen molar-refractivity contribution in [2.45, 2.75) is 10.9 Å². The van der Waals surface area contributed by atoms with Gasteiger partial charge in [-0.2, -0.15) is 4.98 Å². The number of anilines is 1. The van der Waals surface area contributed by atoms with Gasteiger partial charge in [0.2, 0.25) is 15.9 Å². The Morgan fingerprint density at radius 1 is 1.50 bits per heavy atom. The normalized spacial score (nSPS) is 11.8. The van der Waals surface area contributed by atoms with Crippen LogP contribution < -0.4 is 10.5 Å². The van der Waals surface area contributed by atoms with E-state index in [1.165, 1.54) is 0 Å². The molecule has 0 aliphatic carbocycles. The Kier molecular flexibility index (Phi) is 2.80. The Hall–Kier alpha value is -1.59. The third kappa shape index (κ3) is 2.32. The molecule has 0 bridgehead atoms. The molecule has 2 aromatic rings. The molecular formula is C5H6N6O3S2. The zero-order valence-corrected chi connectivity index (χ0v) is 9.32. The quantitative estimate of drug-likeness (QED) is 0.714. The second kappa shape index (κ2) is 4.11. The van der Waals surface area contributed by atoms with Gasteiger partial charge in [-0.1, -0.05) is 16.5 Å². The van der Waals surface area contributed by atoms with Crippen molar-refractivity contribution in [3.05, 3.63) is 12.2 Å². The van der Waals surface area contributed by atoms with Gasteiger partial charge in [0.25, 0.3) is 10.0 Å². The van der Waals surface area contributed by atoms with Gasteiger partial charge in [-0.25, -0.2) is 13.1 Å². The molecule has 0 saturated carbocycles. The molecule has 0 aromatic carbocycles. The topological polar surface area (TPSA) is 137 Å². The van der Waals surface area contributed by atoms with E-state index in [0.717, 1.165) is 17.7 Å². The van der Waals surface area contributed by atoms with Crippen LogP contribution >= 0.6 is 11.3 Å². The van der Waals surface area contributed by atoms with Gasteiger partial charge in [0.05, 0.1) is 6.54 Å². The molecule has 0 saturated heterocycles. The molecule has 0 atom stereocenters. The van der Waals surface area contributed by atoms with Gasteiger partial charge in [-0.3, -0.25) is 0 Å². The molecule has 2 rings (SSSR count). The largest absolute Gasteiger partial charge is 0.374 e. The molecule has 11 heteroatoms. The van der Waals surface area contributed by atoms with E-state index in [1.54, 1.807) is 0 Å². The Balaban J connectivity index is 2.09. The first-order valence-electron chi connectivity index (χ1n) is 3.92. The van der Waals surface area contributed by atoms with E-state index >= 15 is 0 Å². The van der Waals surface area contributed by atoms with Crippen LogP contribution in [0.1, 0.15) is 5.82 Å². The van der Waals surface area contributed by atoms with E-state index in [0.29, 0.717) is 0 Å². The highest BCUT2D eigenvalue weighted by molar-refractivity contribution is 7.91. The number of hydrogen-bond acceptors (Lipinski definition) is 9. The second-order valence-corrected chi connectivity index (χ2v) is 5.53. The van der Waals surface area contributed by atoms with Gasteiger partial charge in [0, 0.05) is 0 Å². The average Bonchev–Trinajstić information content (AvgIpc) is 2.85. The lowest BCUT2D eigenvalue weighted by Crippen LogP contribution is -2.23. The number of hydrogen-bond donors (Lipinski definition) is 2. The van der Waals surface area contributed by atoms with Crippen molar-refractivity contribution in [2.24, 2.45) is 0 Å². The van der Waals surface area contributed by atoms with Gasteiger partial charge in [0.1, 0.15) is 0 Å². The molecule has 0 spiro atoms. The molecule has 0 aliphatic rings. The molecule has 0 radical (unpaired) electrons. The van der Waals surface area contributed by atoms with Crippen molar-refractivity contribution in [1.29, 1.82) is 0 Å². The van der Waals surface area contributed by atoms with Crippen molar-refractivity contribution in [1.82, 2.24) is 25.1 Å². The summed E-state index contributed by atoms with van der Waals surface area (Å²) in [6.45, 7) is -0.0850. The van der Waals surface area contributed by atoms with Gasteiger partial charge < -0.3 is 10.3 Å². The van der Waals surface area contributed by atoms with Crippen LogP contribution in [0, 0.1) is 0 Å². The number of nitrogen functional groups attached to an aromatic ring is 1. The minimum absolute atomic E-state index is 0.0833. The summed E-state index contributed by atoms with van der Waals surface area (Å²) in [6, 6.07) is 0. The van der Waals surface area contributed by atoms with E-state index in [4.69, 9.17) is 5.73 Å². The van der Waals surface area contributed by atoms with Crippen LogP contribution in [-0.2, 0) is 16.6 Å². The number of aromatic nitrogens is 4. The lowest BCUT2D eigenvalue weighted by Gasteiger charge is -1.98. The summed E-state index contributed by atoms with van der Waals surface area (Å²) in [4.78, 5) is 3.66. The number of rotatable bonds is 4. The third-order valence-corrected chi connectivity index (χ3v) is 4.00. The number of sulfonamides is 1. The molecule has 16 heavy (non-hydrogen) atoms. The molecule has 2 heterocycles. The summed E-state index contributed by atoms with van der Waals surface area (Å²) >= 11 is 0.773. The predicted octanol–water partition coefficient (Wildman–Crippen LogP) is -1.02. The van der Waals surface area contributed by atoms with E-state index in [-0.39, 0.29) is 21.8 Å². The van der Waals surface area contributed by atoms with Crippen molar-refractivity contribution < 1.29 is 12.9 Å². The monoisotopic (exact) mass is 262 g/mol. The zero-order chi connectivity index (χ0) is 11.6. The van der Waals surface area contributed by atoms with Crippen LogP contribution in [0.25, 0.3) is 0 Å². The van der Waals surface area contributed by atoms with Crippen molar-refractivity contribution >= 4 is 26.5 Å². The van der Waals surface area contributed by atoms with Gasteiger partial charge in [-0.15, -0.1) is 10.2 Å². The minimum atomic E-state index is -3.72. The summed E-state index contributed by atoms with van der Waals surface area (Å²) in [5.74, 6) is 0.223. The van der Waals surface area contributed by atoms with Crippen LogP contribution in [0.5, 0.6) is 0 Å². The van der Waals surface area contributed by atoms with E-state index < -0.39 is 10.0 Å². The fraction of sp³-hybridized carbons (Fsp3) is 0.200. The summed E-state index contributed by atoms with van der Waals surface area (Å²) in [7, 11) is -3.72. The van der Waals surface area contributed by atoms with Gasteiger partial charge in [0.15, 0.2) is 5.82 Å². The fourth-order valence-corrected chi connectivity index (χ4v) is 2.63. The average molecular weight is 262 g/mol. The van der Waals surface area contributed by atoms with Crippen LogP contribution in [0.2, 0.25) is 0 Å². The highest BCUT2D eigenvalue weighted by atomic mass is 32.2. The summed E-state index contributed by atoms with van der Waals surface area (Å²) < 4.78 is 29.7. The molecule has 3 N–H and O–H groups in total. The van der Waals surface area contributed by atoms with Crippen LogP contribution in [-0.4, -0.2) is 28.8 Å². The Bertz CT molecular complexity index is 561. The lowest BCUT2D eigenvalue weighted by molar-refractivity contribution is 0.409. The molecular weight excluding hydrogens is 256 g/mol. The van der Waals surface area contributed by atoms with Crippen molar-refractivity contribution in [3.8, 4) is 0 Å². The summed E-state index contributed by atoms with van der Waals surface area (Å²) in [6.07, 6.45) is 1.10. The first kappa shape index (κ1) is 10.9. The number of nitrogens with two attached hydrogens (primary N) is 1. The molecule has 0 fully saturated rings. The SMILES string of the molecule is Nc1nnc(S(=O)(=O)NCc2ncon2)s1. The number of nitrogens with zero attached hydrogens (tertiary/aromatic N) is 4. The lowest BCUT2D eigenvalue weighted by atomic mass is 10.6. The predicted molar refractivity (Wildman–Crippen MR) is 52.6 cm³/mol. The molecule has 86 valence electrons. The molecule has 0 aliphatic heterocycles. The van der Waals surface area contributed by atoms with Crippen molar-refractivity contribution in [3.63, 3.8) is 0 Å². The van der Waals surface area contributed by atoms with Gasteiger partial charge >= 0.3 is 0 Å². The summed E-state index contributed by atoms with van der Waals surface area (Å²) in [5, 5.41) is 10.4. The van der Waals surface area contributed by atoms with Crippen LogP contribution in [0.3, 0.4) is 0 Å². The zero-order valence-electron chi connectivity index (χ0n) is 7.69. The Morgan fingerprint density at radius 3 is 2.88 bits per heavy atom. The Morgan fingerprint density at radius 2 is 2.31 bits per heavy atom. The maximum absolute atomic E-state index is 11.6. The minimum Gasteiger partial charge on any atom is -0.374 e. The van der Waals surface area contributed by atoms with Crippen molar-refractivity contribution in [2.75, 3.05) is 5.73 Å². The summed E-state index contributed by atoms with van der Waals surface area (Å²) in [5.41, 5.74) is 5.28. The fourth-order valence-electron chi connectivity index (χ4n) is 0.821. The third-order valence-electron chi connectivity index (χ3n) is 1.48. The van der Waals surface area contributed by atoms with Crippen LogP contribution in [0.15, 0.2) is 15.3 Å². The van der Waals surface area contributed by atoms with E-state index in [9.17, 15) is 8.42 Å². The van der Waals surface area contributed by atoms with E-state index in [1.807, 2.05) is 0 Å².